The molecule has 0 saturated carbocycles. The molecule has 0 unspecified atom stereocenters. The third-order valence-electron chi connectivity index (χ3n) is 1.69. The lowest BCUT2D eigenvalue weighted by atomic mass is 10.1. The lowest BCUT2D eigenvalue weighted by Gasteiger charge is -1.97. The van der Waals surface area contributed by atoms with Gasteiger partial charge in [0.25, 0.3) is 9.05 Å². The van der Waals surface area contributed by atoms with Gasteiger partial charge in [0.2, 0.25) is 0 Å². The minimum atomic E-state index is -3.51. The van der Waals surface area contributed by atoms with Crippen molar-refractivity contribution in [3.8, 4) is 0 Å². The lowest BCUT2D eigenvalue weighted by Crippen LogP contribution is -1.84. The van der Waals surface area contributed by atoms with E-state index in [1.165, 1.54) is 6.08 Å². The smallest absolute Gasteiger partial charge is 0.208 e. The number of halogens is 1. The number of hydrogen-bond acceptors (Lipinski definition) is 2. The molecular weight excluding hydrogens is 220 g/mol. The maximum atomic E-state index is 10.6. The van der Waals surface area contributed by atoms with Crippen LogP contribution in [0.1, 0.15) is 11.1 Å². The van der Waals surface area contributed by atoms with Crippen molar-refractivity contribution >= 4 is 19.7 Å². The summed E-state index contributed by atoms with van der Waals surface area (Å²) in [5.41, 5.74) is 2.23. The third-order valence-corrected chi connectivity index (χ3v) is 2.52. The molecule has 0 spiro atoms. The Balaban J connectivity index is 2.67. The highest BCUT2D eigenvalue weighted by Gasteiger charge is 1.96. The van der Waals surface area contributed by atoms with Gasteiger partial charge in [-0.1, -0.05) is 35.9 Å². The molecule has 0 bridgehead atoms. The fourth-order valence-corrected chi connectivity index (χ4v) is 1.68. The minimum Gasteiger partial charge on any atom is -0.208 e. The van der Waals surface area contributed by atoms with Crippen molar-refractivity contribution in [1.29, 1.82) is 0 Å². The third kappa shape index (κ3) is 4.44. The summed E-state index contributed by atoms with van der Waals surface area (Å²) in [5.74, 6) is 0. The molecule has 0 aliphatic heterocycles. The van der Waals surface area contributed by atoms with Crippen molar-refractivity contribution in [3.05, 3.63) is 46.9 Å². The van der Waals surface area contributed by atoms with Crippen LogP contribution in [0.4, 0.5) is 0 Å². The van der Waals surface area contributed by atoms with Gasteiger partial charge in [-0.2, -0.15) is 0 Å². The molecule has 0 aromatic heterocycles. The van der Waals surface area contributed by atoms with E-state index in [0.717, 1.165) is 16.5 Å². The van der Waals surface area contributed by atoms with E-state index >= 15 is 0 Å². The molecular formula is C10H11ClO2S. The molecule has 4 heteroatoms. The van der Waals surface area contributed by atoms with Crippen LogP contribution in [0.25, 0.3) is 0 Å². The summed E-state index contributed by atoms with van der Waals surface area (Å²) in [6, 6.07) is 7.88. The van der Waals surface area contributed by atoms with Gasteiger partial charge in [0.05, 0.1) is 0 Å². The van der Waals surface area contributed by atoms with E-state index < -0.39 is 9.05 Å². The average molecular weight is 231 g/mol. The Labute approximate surface area is 88.6 Å². The van der Waals surface area contributed by atoms with E-state index in [-0.39, 0.29) is 0 Å². The number of aryl methyl sites for hydroxylation is 1. The first-order valence-corrected chi connectivity index (χ1v) is 6.51. The van der Waals surface area contributed by atoms with Crippen molar-refractivity contribution in [2.75, 3.05) is 0 Å². The van der Waals surface area contributed by atoms with Crippen LogP contribution in [-0.4, -0.2) is 8.42 Å². The largest absolute Gasteiger partial charge is 0.254 e. The normalized spacial score (nSPS) is 12.1. The second-order valence-electron chi connectivity index (χ2n) is 3.04. The van der Waals surface area contributed by atoms with E-state index in [0.29, 0.717) is 6.42 Å². The number of benzene rings is 1. The number of allylic oxidation sites excluding steroid dienone is 1. The minimum absolute atomic E-state index is 0.577. The molecule has 2 nitrogen and oxygen atoms in total. The van der Waals surface area contributed by atoms with Gasteiger partial charge in [-0.25, -0.2) is 8.42 Å². The Bertz CT molecular complexity index is 435. The Morgan fingerprint density at radius 1 is 1.43 bits per heavy atom. The van der Waals surface area contributed by atoms with Crippen LogP contribution >= 0.6 is 10.7 Å². The predicted molar refractivity (Wildman–Crippen MR) is 58.8 cm³/mol. The Kier molecular flexibility index (Phi) is 3.72. The topological polar surface area (TPSA) is 34.1 Å². The van der Waals surface area contributed by atoms with Gasteiger partial charge in [0.15, 0.2) is 0 Å². The summed E-state index contributed by atoms with van der Waals surface area (Å²) >= 11 is 0. The van der Waals surface area contributed by atoms with Gasteiger partial charge >= 0.3 is 0 Å². The summed E-state index contributed by atoms with van der Waals surface area (Å²) in [7, 11) is 1.50. The van der Waals surface area contributed by atoms with Crippen LogP contribution in [0, 0.1) is 6.92 Å². The van der Waals surface area contributed by atoms with Gasteiger partial charge in [-0.05, 0) is 18.9 Å². The van der Waals surface area contributed by atoms with Crippen LogP contribution in [0.3, 0.4) is 0 Å². The molecule has 0 heterocycles. The highest BCUT2D eigenvalue weighted by Crippen LogP contribution is 2.06. The summed E-state index contributed by atoms with van der Waals surface area (Å²) in [6.07, 6.45) is 2.12. The predicted octanol–water partition coefficient (Wildman–Crippen LogP) is 2.62. The fourth-order valence-electron chi connectivity index (χ4n) is 1.14. The van der Waals surface area contributed by atoms with Gasteiger partial charge < -0.3 is 0 Å². The van der Waals surface area contributed by atoms with Crippen LogP contribution in [0.5, 0.6) is 0 Å². The SMILES string of the molecule is Cc1cccc(C/C=C\S(=O)(=O)Cl)c1. The second-order valence-corrected chi connectivity index (χ2v) is 5.55. The molecule has 14 heavy (non-hydrogen) atoms. The summed E-state index contributed by atoms with van der Waals surface area (Å²) in [6.45, 7) is 1.99. The molecule has 1 aromatic carbocycles. The molecule has 0 saturated heterocycles. The first-order chi connectivity index (χ1) is 6.47. The van der Waals surface area contributed by atoms with Crippen molar-refractivity contribution in [3.63, 3.8) is 0 Å². The molecule has 0 amide bonds. The van der Waals surface area contributed by atoms with Crippen LogP contribution in [0.15, 0.2) is 35.7 Å². The van der Waals surface area contributed by atoms with Crippen molar-refractivity contribution in [2.45, 2.75) is 13.3 Å². The molecule has 76 valence electrons. The highest BCUT2D eigenvalue weighted by molar-refractivity contribution is 8.16. The number of rotatable bonds is 3. The van der Waals surface area contributed by atoms with E-state index in [4.69, 9.17) is 10.7 Å². The fraction of sp³-hybridized carbons (Fsp3) is 0.200. The molecule has 0 aliphatic rings. The molecule has 0 N–H and O–H groups in total. The van der Waals surface area contributed by atoms with E-state index in [2.05, 4.69) is 0 Å². The number of hydrogen-bond donors (Lipinski definition) is 0. The van der Waals surface area contributed by atoms with Crippen molar-refractivity contribution < 1.29 is 8.42 Å². The van der Waals surface area contributed by atoms with Crippen LogP contribution in [0.2, 0.25) is 0 Å². The molecule has 1 aromatic rings. The van der Waals surface area contributed by atoms with Crippen molar-refractivity contribution in [1.82, 2.24) is 0 Å². The summed E-state index contributed by atoms with van der Waals surface area (Å²) in [5, 5.41) is 1.01. The quantitative estimate of drug-likeness (QED) is 0.749. The zero-order valence-corrected chi connectivity index (χ0v) is 9.35. The maximum absolute atomic E-state index is 10.6. The molecule has 0 fully saturated rings. The van der Waals surface area contributed by atoms with Gasteiger partial charge in [0.1, 0.15) is 0 Å². The average Bonchev–Trinajstić information content (AvgIpc) is 2.01. The van der Waals surface area contributed by atoms with Crippen LogP contribution < -0.4 is 0 Å². The van der Waals surface area contributed by atoms with Gasteiger partial charge in [0, 0.05) is 16.1 Å². The van der Waals surface area contributed by atoms with Gasteiger partial charge in [-0.15, -0.1) is 0 Å². The highest BCUT2D eigenvalue weighted by atomic mass is 35.7. The first-order valence-electron chi connectivity index (χ1n) is 4.14. The van der Waals surface area contributed by atoms with E-state index in [1.807, 2.05) is 31.2 Å². The van der Waals surface area contributed by atoms with E-state index in [9.17, 15) is 8.42 Å². The molecule has 1 rings (SSSR count). The van der Waals surface area contributed by atoms with Gasteiger partial charge in [-0.3, -0.25) is 0 Å². The Morgan fingerprint density at radius 3 is 2.71 bits per heavy atom. The maximum Gasteiger partial charge on any atom is 0.254 e. The molecule has 0 aliphatic carbocycles. The van der Waals surface area contributed by atoms with E-state index in [1.54, 1.807) is 0 Å². The Morgan fingerprint density at radius 2 is 2.14 bits per heavy atom. The first kappa shape index (κ1) is 11.3. The summed E-state index contributed by atoms with van der Waals surface area (Å²) in [4.78, 5) is 0. The molecule has 0 atom stereocenters. The second kappa shape index (κ2) is 4.62. The zero-order valence-electron chi connectivity index (χ0n) is 7.77. The zero-order chi connectivity index (χ0) is 10.6. The summed E-state index contributed by atoms with van der Waals surface area (Å²) < 4.78 is 21.1. The Hall–Kier alpha value is -0.800. The van der Waals surface area contributed by atoms with Crippen molar-refractivity contribution in [2.24, 2.45) is 0 Å². The van der Waals surface area contributed by atoms with Crippen LogP contribution in [-0.2, 0) is 15.5 Å². The lowest BCUT2D eigenvalue weighted by molar-refractivity contribution is 0.617. The standard InChI is InChI=1S/C10H11ClO2S/c1-9-4-2-5-10(8-9)6-3-7-14(11,12)13/h2-5,7-8H,6H2,1H3/b7-3-. The monoisotopic (exact) mass is 230 g/mol. The molecule has 0 radical (unpaired) electrons.